The van der Waals surface area contributed by atoms with Crippen LogP contribution in [-0.2, 0) is 4.79 Å². The molecule has 2 atom stereocenters. The molecule has 1 aliphatic heterocycles. The third kappa shape index (κ3) is 5.49. The Morgan fingerprint density at radius 2 is 2.16 bits per heavy atom. The molecule has 0 radical (unpaired) electrons. The summed E-state index contributed by atoms with van der Waals surface area (Å²) >= 11 is 0. The Kier molecular flexibility index (Phi) is 6.67. The predicted octanol–water partition coefficient (Wildman–Crippen LogP) is 2.46. The van der Waals surface area contributed by atoms with Crippen molar-refractivity contribution in [1.82, 2.24) is 10.2 Å². The molecule has 0 aliphatic carbocycles. The van der Waals surface area contributed by atoms with Gasteiger partial charge in [0.25, 0.3) is 0 Å². The van der Waals surface area contributed by atoms with Gasteiger partial charge in [0.1, 0.15) is 0 Å². The van der Waals surface area contributed by atoms with Crippen molar-refractivity contribution in [3.05, 3.63) is 0 Å². The summed E-state index contributed by atoms with van der Waals surface area (Å²) in [6, 6.07) is 0.323. The summed E-state index contributed by atoms with van der Waals surface area (Å²) < 4.78 is 0. The molecule has 0 spiro atoms. The zero-order chi connectivity index (χ0) is 14.3. The Labute approximate surface area is 115 Å². The fourth-order valence-electron chi connectivity index (χ4n) is 2.63. The van der Waals surface area contributed by atoms with Crippen LogP contribution in [0.3, 0.4) is 0 Å². The number of carbonyl (C=O) groups is 2. The van der Waals surface area contributed by atoms with Gasteiger partial charge in [-0.25, -0.2) is 4.79 Å². The Bertz CT molecular complexity index is 305. The van der Waals surface area contributed by atoms with E-state index in [1.165, 1.54) is 6.42 Å². The SMILES string of the molecule is CCCC1CCCCN1C(=O)NCC(C)CC(=O)O. The smallest absolute Gasteiger partial charge is 0.317 e. The predicted molar refractivity (Wildman–Crippen MR) is 74.1 cm³/mol. The Hall–Kier alpha value is -1.26. The monoisotopic (exact) mass is 270 g/mol. The highest BCUT2D eigenvalue weighted by Crippen LogP contribution is 2.20. The number of likely N-dealkylation sites (tertiary alicyclic amines) is 1. The number of carboxylic acids is 1. The van der Waals surface area contributed by atoms with Crippen LogP contribution in [0.2, 0.25) is 0 Å². The molecule has 0 aromatic heterocycles. The third-order valence-corrected chi connectivity index (χ3v) is 3.63. The second kappa shape index (κ2) is 8.02. The highest BCUT2D eigenvalue weighted by Gasteiger charge is 2.25. The average molecular weight is 270 g/mol. The van der Waals surface area contributed by atoms with Crippen molar-refractivity contribution in [3.8, 4) is 0 Å². The summed E-state index contributed by atoms with van der Waals surface area (Å²) in [5.74, 6) is -0.848. The van der Waals surface area contributed by atoms with Gasteiger partial charge in [-0.05, 0) is 31.6 Å². The van der Waals surface area contributed by atoms with Gasteiger partial charge in [-0.3, -0.25) is 4.79 Å². The number of hydrogen-bond acceptors (Lipinski definition) is 2. The van der Waals surface area contributed by atoms with Crippen LogP contribution in [0.5, 0.6) is 0 Å². The lowest BCUT2D eigenvalue weighted by molar-refractivity contribution is -0.137. The molecule has 2 unspecified atom stereocenters. The van der Waals surface area contributed by atoms with Crippen LogP contribution in [0.1, 0.15) is 52.4 Å². The Morgan fingerprint density at radius 1 is 1.42 bits per heavy atom. The molecule has 5 heteroatoms. The summed E-state index contributed by atoms with van der Waals surface area (Å²) in [5, 5.41) is 11.6. The van der Waals surface area contributed by atoms with Gasteiger partial charge in [0.2, 0.25) is 0 Å². The number of amides is 2. The first-order valence-electron chi connectivity index (χ1n) is 7.30. The summed E-state index contributed by atoms with van der Waals surface area (Å²) in [6.45, 7) is 5.23. The molecule has 0 bridgehead atoms. The molecule has 2 N–H and O–H groups in total. The first kappa shape index (κ1) is 15.8. The van der Waals surface area contributed by atoms with E-state index in [9.17, 15) is 9.59 Å². The Morgan fingerprint density at radius 3 is 2.79 bits per heavy atom. The van der Waals surface area contributed by atoms with Crippen molar-refractivity contribution in [3.63, 3.8) is 0 Å². The number of rotatable bonds is 6. The van der Waals surface area contributed by atoms with Gasteiger partial charge in [0.05, 0.1) is 0 Å². The van der Waals surface area contributed by atoms with Crippen molar-refractivity contribution in [2.24, 2.45) is 5.92 Å². The molecule has 0 aromatic carbocycles. The van der Waals surface area contributed by atoms with E-state index in [4.69, 9.17) is 5.11 Å². The lowest BCUT2D eigenvalue weighted by Crippen LogP contribution is -2.49. The first-order valence-corrected chi connectivity index (χ1v) is 7.30. The first-order chi connectivity index (χ1) is 9.04. The highest BCUT2D eigenvalue weighted by atomic mass is 16.4. The zero-order valence-corrected chi connectivity index (χ0v) is 12.0. The van der Waals surface area contributed by atoms with Crippen LogP contribution in [0.15, 0.2) is 0 Å². The molecular weight excluding hydrogens is 244 g/mol. The lowest BCUT2D eigenvalue weighted by atomic mass is 9.99. The molecule has 1 rings (SSSR count). The summed E-state index contributed by atoms with van der Waals surface area (Å²) in [5.41, 5.74) is 0. The van der Waals surface area contributed by atoms with E-state index in [2.05, 4.69) is 12.2 Å². The minimum atomic E-state index is -0.816. The number of nitrogens with zero attached hydrogens (tertiary/aromatic N) is 1. The van der Waals surface area contributed by atoms with Gasteiger partial charge in [-0.1, -0.05) is 20.3 Å². The van der Waals surface area contributed by atoms with Crippen LogP contribution < -0.4 is 5.32 Å². The third-order valence-electron chi connectivity index (χ3n) is 3.63. The van der Waals surface area contributed by atoms with Gasteiger partial charge in [-0.2, -0.15) is 0 Å². The van der Waals surface area contributed by atoms with Crippen molar-refractivity contribution in [1.29, 1.82) is 0 Å². The van der Waals surface area contributed by atoms with E-state index in [0.717, 1.165) is 32.2 Å². The molecule has 2 amide bonds. The molecular formula is C14H26N2O3. The zero-order valence-electron chi connectivity index (χ0n) is 12.0. The number of nitrogens with one attached hydrogen (secondary N) is 1. The number of aliphatic carboxylic acids is 1. The molecule has 1 heterocycles. The fourth-order valence-corrected chi connectivity index (χ4v) is 2.63. The van der Waals surface area contributed by atoms with Gasteiger partial charge >= 0.3 is 12.0 Å². The summed E-state index contributed by atoms with van der Waals surface area (Å²) in [7, 11) is 0. The molecule has 0 aromatic rings. The fraction of sp³-hybridized carbons (Fsp3) is 0.857. The van der Waals surface area contributed by atoms with Crippen LogP contribution in [0.4, 0.5) is 4.79 Å². The van der Waals surface area contributed by atoms with Crippen molar-refractivity contribution in [2.75, 3.05) is 13.1 Å². The maximum absolute atomic E-state index is 12.1. The molecule has 1 aliphatic rings. The van der Waals surface area contributed by atoms with Gasteiger partial charge < -0.3 is 15.3 Å². The number of piperidine rings is 1. The molecule has 1 saturated heterocycles. The summed E-state index contributed by atoms with van der Waals surface area (Å²) in [6.07, 6.45) is 5.59. The normalized spacial score (nSPS) is 20.9. The maximum atomic E-state index is 12.1. The van der Waals surface area contributed by atoms with E-state index < -0.39 is 5.97 Å². The molecule has 19 heavy (non-hydrogen) atoms. The van der Waals surface area contributed by atoms with E-state index >= 15 is 0 Å². The largest absolute Gasteiger partial charge is 0.481 e. The van der Waals surface area contributed by atoms with Crippen LogP contribution in [0.25, 0.3) is 0 Å². The van der Waals surface area contributed by atoms with E-state index in [1.807, 2.05) is 11.8 Å². The van der Waals surface area contributed by atoms with Gasteiger partial charge in [-0.15, -0.1) is 0 Å². The maximum Gasteiger partial charge on any atom is 0.317 e. The number of hydrogen-bond donors (Lipinski definition) is 2. The summed E-state index contributed by atoms with van der Waals surface area (Å²) in [4.78, 5) is 24.6. The van der Waals surface area contributed by atoms with Crippen molar-refractivity contribution >= 4 is 12.0 Å². The van der Waals surface area contributed by atoms with Gasteiger partial charge in [0, 0.05) is 25.6 Å². The van der Waals surface area contributed by atoms with Crippen LogP contribution >= 0.6 is 0 Å². The molecule has 5 nitrogen and oxygen atoms in total. The van der Waals surface area contributed by atoms with E-state index in [0.29, 0.717) is 12.6 Å². The average Bonchev–Trinajstić information content (AvgIpc) is 2.36. The van der Waals surface area contributed by atoms with E-state index in [1.54, 1.807) is 0 Å². The number of urea groups is 1. The van der Waals surface area contributed by atoms with E-state index in [-0.39, 0.29) is 18.4 Å². The molecule has 110 valence electrons. The van der Waals surface area contributed by atoms with Gasteiger partial charge in [0.15, 0.2) is 0 Å². The van der Waals surface area contributed by atoms with Crippen LogP contribution in [0, 0.1) is 5.92 Å². The number of carboxylic acid groups (broad SMARTS) is 1. The second-order valence-corrected chi connectivity index (χ2v) is 5.52. The quantitative estimate of drug-likeness (QED) is 0.779. The van der Waals surface area contributed by atoms with Crippen molar-refractivity contribution < 1.29 is 14.7 Å². The minimum Gasteiger partial charge on any atom is -0.481 e. The number of carbonyl (C=O) groups excluding carboxylic acids is 1. The van der Waals surface area contributed by atoms with Crippen molar-refractivity contribution in [2.45, 2.75) is 58.4 Å². The lowest BCUT2D eigenvalue weighted by Gasteiger charge is -2.36. The standard InChI is InChI=1S/C14H26N2O3/c1-3-6-12-7-4-5-8-16(12)14(19)15-10-11(2)9-13(17)18/h11-12H,3-10H2,1-2H3,(H,15,19)(H,17,18). The topological polar surface area (TPSA) is 69.6 Å². The van der Waals surface area contributed by atoms with Crippen LogP contribution in [-0.4, -0.2) is 41.1 Å². The molecule has 0 saturated carbocycles. The molecule has 1 fully saturated rings. The second-order valence-electron chi connectivity index (χ2n) is 5.52. The Balaban J connectivity index is 2.39. The highest BCUT2D eigenvalue weighted by molar-refractivity contribution is 5.74. The minimum absolute atomic E-state index is 0.0316.